The van der Waals surface area contributed by atoms with Crippen LogP contribution in [0.1, 0.15) is 32.6 Å². The number of nitrogens with zero attached hydrogens (tertiary/aromatic N) is 1. The Bertz CT molecular complexity index is 163. The summed E-state index contributed by atoms with van der Waals surface area (Å²) in [6.45, 7) is 2.84. The predicted molar refractivity (Wildman–Crippen MR) is 51.8 cm³/mol. The average molecular weight is 190 g/mol. The zero-order valence-electron chi connectivity index (χ0n) is 7.66. The molecular formula is C8H18N2OS. The molecule has 0 amide bonds. The van der Waals surface area contributed by atoms with Crippen LogP contribution in [0.3, 0.4) is 0 Å². The summed E-state index contributed by atoms with van der Waals surface area (Å²) in [5, 5.41) is 0. The van der Waals surface area contributed by atoms with E-state index in [4.69, 9.17) is 5.73 Å². The Morgan fingerprint density at radius 3 is 2.92 bits per heavy atom. The van der Waals surface area contributed by atoms with Crippen LogP contribution in [0, 0.1) is 0 Å². The summed E-state index contributed by atoms with van der Waals surface area (Å²) in [6.07, 6.45) is 4.56. The van der Waals surface area contributed by atoms with Gasteiger partial charge >= 0.3 is 0 Å². The van der Waals surface area contributed by atoms with Gasteiger partial charge in [-0.05, 0) is 12.8 Å². The Morgan fingerprint density at radius 1 is 1.50 bits per heavy atom. The van der Waals surface area contributed by atoms with Crippen LogP contribution in [0.5, 0.6) is 0 Å². The third-order valence-electron chi connectivity index (χ3n) is 2.26. The van der Waals surface area contributed by atoms with Gasteiger partial charge in [-0.25, -0.2) is 8.51 Å². The maximum atomic E-state index is 11.5. The fourth-order valence-corrected chi connectivity index (χ4v) is 2.60. The van der Waals surface area contributed by atoms with Gasteiger partial charge in [0.1, 0.15) is 0 Å². The number of hydrogen-bond acceptors (Lipinski definition) is 2. The molecule has 0 spiro atoms. The zero-order valence-corrected chi connectivity index (χ0v) is 8.48. The van der Waals surface area contributed by atoms with Crippen LogP contribution in [-0.4, -0.2) is 27.0 Å². The molecule has 0 aromatic carbocycles. The first-order valence-corrected chi connectivity index (χ1v) is 5.94. The summed E-state index contributed by atoms with van der Waals surface area (Å²) in [4.78, 5) is 0. The molecule has 0 aromatic rings. The minimum atomic E-state index is -0.846. The summed E-state index contributed by atoms with van der Waals surface area (Å²) in [5.41, 5.74) is 5.89. The fraction of sp³-hybridized carbons (Fsp3) is 1.00. The normalized spacial score (nSPS) is 29.7. The molecule has 1 saturated heterocycles. The first-order chi connectivity index (χ1) is 5.75. The molecule has 2 atom stereocenters. The van der Waals surface area contributed by atoms with Crippen LogP contribution < -0.4 is 5.73 Å². The summed E-state index contributed by atoms with van der Waals surface area (Å²) in [6, 6.07) is 0. The van der Waals surface area contributed by atoms with Crippen molar-refractivity contribution < 1.29 is 4.21 Å². The van der Waals surface area contributed by atoms with Crippen LogP contribution in [0.15, 0.2) is 0 Å². The van der Waals surface area contributed by atoms with E-state index in [0.717, 1.165) is 19.4 Å². The highest BCUT2D eigenvalue weighted by molar-refractivity contribution is 7.82. The topological polar surface area (TPSA) is 46.3 Å². The maximum Gasteiger partial charge on any atom is 0.0953 e. The highest BCUT2D eigenvalue weighted by Crippen LogP contribution is 2.14. The van der Waals surface area contributed by atoms with Gasteiger partial charge in [-0.1, -0.05) is 19.8 Å². The van der Waals surface area contributed by atoms with Crippen molar-refractivity contribution in [2.75, 3.05) is 12.3 Å². The molecule has 1 rings (SSSR count). The molecule has 1 aliphatic rings. The molecule has 1 aliphatic heterocycles. The van der Waals surface area contributed by atoms with Crippen molar-refractivity contribution >= 4 is 11.0 Å². The lowest BCUT2D eigenvalue weighted by Crippen LogP contribution is -2.42. The molecule has 1 fully saturated rings. The molecule has 0 saturated carbocycles. The van der Waals surface area contributed by atoms with E-state index >= 15 is 0 Å². The summed E-state index contributed by atoms with van der Waals surface area (Å²) in [7, 11) is -0.846. The van der Waals surface area contributed by atoms with Gasteiger partial charge in [-0.3, -0.25) is 0 Å². The van der Waals surface area contributed by atoms with Crippen molar-refractivity contribution in [1.29, 1.82) is 0 Å². The van der Waals surface area contributed by atoms with E-state index in [0.29, 0.717) is 5.75 Å². The molecule has 12 heavy (non-hydrogen) atoms. The molecule has 2 N–H and O–H groups in total. The minimum absolute atomic E-state index is 0.0216. The quantitative estimate of drug-likeness (QED) is 0.701. The highest BCUT2D eigenvalue weighted by Gasteiger charge is 2.20. The van der Waals surface area contributed by atoms with Gasteiger partial charge in [0.2, 0.25) is 0 Å². The van der Waals surface area contributed by atoms with Crippen LogP contribution >= 0.6 is 0 Å². The molecule has 72 valence electrons. The standard InChI is InChI=1S/C8H18N2OS/c1-2-12(11)10-7-5-3-4-6-8(10)9/h8H,2-7,9H2,1H3. The smallest absolute Gasteiger partial charge is 0.0953 e. The second kappa shape index (κ2) is 4.94. The SMILES string of the molecule is CCS(=O)N1CCCCCC1N. The van der Waals surface area contributed by atoms with Crippen molar-refractivity contribution in [3.05, 3.63) is 0 Å². The van der Waals surface area contributed by atoms with Crippen LogP contribution in [0.4, 0.5) is 0 Å². The molecule has 0 bridgehead atoms. The summed E-state index contributed by atoms with van der Waals surface area (Å²) >= 11 is 0. The third kappa shape index (κ3) is 2.54. The van der Waals surface area contributed by atoms with Crippen molar-refractivity contribution in [3.63, 3.8) is 0 Å². The summed E-state index contributed by atoms with van der Waals surface area (Å²) < 4.78 is 13.4. The molecular weight excluding hydrogens is 172 g/mol. The first-order valence-electron chi connectivity index (χ1n) is 4.66. The lowest BCUT2D eigenvalue weighted by Gasteiger charge is -2.24. The van der Waals surface area contributed by atoms with Gasteiger partial charge in [-0.15, -0.1) is 0 Å². The molecule has 1 heterocycles. The Labute approximate surface area is 76.9 Å². The number of nitrogens with two attached hydrogens (primary N) is 1. The van der Waals surface area contributed by atoms with Crippen LogP contribution in [0.25, 0.3) is 0 Å². The van der Waals surface area contributed by atoms with Gasteiger partial charge in [0.25, 0.3) is 0 Å². The molecule has 2 unspecified atom stereocenters. The van der Waals surface area contributed by atoms with Crippen molar-refractivity contribution in [3.8, 4) is 0 Å². The maximum absolute atomic E-state index is 11.5. The Morgan fingerprint density at radius 2 is 2.25 bits per heavy atom. The van der Waals surface area contributed by atoms with Crippen molar-refractivity contribution in [1.82, 2.24) is 4.31 Å². The molecule has 0 aromatic heterocycles. The second-order valence-electron chi connectivity index (χ2n) is 3.17. The molecule has 0 radical (unpaired) electrons. The van der Waals surface area contributed by atoms with E-state index in [1.54, 1.807) is 0 Å². The zero-order chi connectivity index (χ0) is 8.97. The first kappa shape index (κ1) is 10.2. The van der Waals surface area contributed by atoms with Crippen molar-refractivity contribution in [2.24, 2.45) is 5.73 Å². The summed E-state index contributed by atoms with van der Waals surface area (Å²) in [5.74, 6) is 0.688. The van der Waals surface area contributed by atoms with E-state index in [-0.39, 0.29) is 6.17 Å². The van der Waals surface area contributed by atoms with Gasteiger partial charge in [0, 0.05) is 12.3 Å². The van der Waals surface area contributed by atoms with Gasteiger partial charge in [0.05, 0.1) is 17.2 Å². The lowest BCUT2D eigenvalue weighted by molar-refractivity contribution is 0.349. The molecule has 4 heteroatoms. The Kier molecular flexibility index (Phi) is 4.18. The van der Waals surface area contributed by atoms with E-state index in [9.17, 15) is 4.21 Å². The van der Waals surface area contributed by atoms with E-state index in [1.807, 2.05) is 11.2 Å². The van der Waals surface area contributed by atoms with Crippen LogP contribution in [0.2, 0.25) is 0 Å². The molecule has 0 aliphatic carbocycles. The van der Waals surface area contributed by atoms with Gasteiger partial charge < -0.3 is 5.73 Å². The fourth-order valence-electron chi connectivity index (χ4n) is 1.53. The van der Waals surface area contributed by atoms with E-state index in [2.05, 4.69) is 0 Å². The molecule has 3 nitrogen and oxygen atoms in total. The van der Waals surface area contributed by atoms with E-state index < -0.39 is 11.0 Å². The van der Waals surface area contributed by atoms with Crippen molar-refractivity contribution in [2.45, 2.75) is 38.8 Å². The largest absolute Gasteiger partial charge is 0.315 e. The lowest BCUT2D eigenvalue weighted by atomic mass is 10.2. The van der Waals surface area contributed by atoms with Crippen LogP contribution in [-0.2, 0) is 11.0 Å². The second-order valence-corrected chi connectivity index (χ2v) is 4.86. The monoisotopic (exact) mass is 190 g/mol. The Hall–Kier alpha value is 0.0700. The van der Waals surface area contributed by atoms with E-state index in [1.165, 1.54) is 12.8 Å². The minimum Gasteiger partial charge on any atom is -0.315 e. The number of rotatable bonds is 2. The highest BCUT2D eigenvalue weighted by atomic mass is 32.2. The van der Waals surface area contributed by atoms with Gasteiger partial charge in [0.15, 0.2) is 0 Å². The predicted octanol–water partition coefficient (Wildman–Crippen LogP) is 0.831. The average Bonchev–Trinajstić information content (AvgIpc) is 2.28. The van der Waals surface area contributed by atoms with Gasteiger partial charge in [-0.2, -0.15) is 0 Å². The Balaban J connectivity index is 2.52. The third-order valence-corrected chi connectivity index (χ3v) is 3.73. The number of hydrogen-bond donors (Lipinski definition) is 1.